The number of hydrogen-bond donors (Lipinski definition) is 2. The van der Waals surface area contributed by atoms with Crippen molar-refractivity contribution >= 4 is 5.78 Å². The van der Waals surface area contributed by atoms with Crippen molar-refractivity contribution in [1.29, 1.82) is 0 Å². The van der Waals surface area contributed by atoms with Crippen LogP contribution in [-0.2, 0) is 17.6 Å². The first-order chi connectivity index (χ1) is 22.8. The number of ether oxygens (including phenoxy) is 1. The van der Waals surface area contributed by atoms with Gasteiger partial charge in [-0.15, -0.1) is 0 Å². The Morgan fingerprint density at radius 2 is 1.90 bits per heavy atom. The van der Waals surface area contributed by atoms with E-state index in [0.717, 1.165) is 57.1 Å². The Kier molecular flexibility index (Phi) is 10.7. The van der Waals surface area contributed by atoms with Crippen LogP contribution >= 0.6 is 0 Å². The number of nitrogens with one attached hydrogen (secondary N) is 1. The molecule has 3 aromatic heterocycles. The summed E-state index contributed by atoms with van der Waals surface area (Å²) in [5.74, 6) is -0.361. The van der Waals surface area contributed by atoms with Gasteiger partial charge < -0.3 is 11.3 Å². The molecule has 0 radical (unpaired) electrons. The van der Waals surface area contributed by atoms with Crippen molar-refractivity contribution in [2.45, 2.75) is 102 Å². The van der Waals surface area contributed by atoms with Crippen LogP contribution < -0.4 is 62.7 Å². The van der Waals surface area contributed by atoms with Gasteiger partial charge in [0.05, 0.1) is 23.5 Å². The number of fused-ring (bicyclic) bond motifs is 1. The second kappa shape index (κ2) is 14.6. The third kappa shape index (κ3) is 6.70. The van der Waals surface area contributed by atoms with Gasteiger partial charge in [-0.05, 0) is 81.0 Å². The van der Waals surface area contributed by atoms with Crippen molar-refractivity contribution in [3.8, 4) is 22.5 Å². The molecule has 5 aromatic rings. The molecule has 11 nitrogen and oxygen atoms in total. The molecule has 0 bridgehead atoms. The van der Waals surface area contributed by atoms with E-state index < -0.39 is 17.2 Å². The predicted octanol–water partition coefficient (Wildman–Crippen LogP) is 2.50. The number of aryl methyl sites for hydroxylation is 1. The molecule has 2 aliphatic carbocycles. The number of aliphatic hydroxyl groups is 1. The normalized spacial score (nSPS) is 19.5. The van der Waals surface area contributed by atoms with E-state index in [2.05, 4.69) is 24.7 Å². The van der Waals surface area contributed by atoms with E-state index in [4.69, 9.17) is 4.74 Å². The molecule has 1 unspecified atom stereocenters. The topological polar surface area (TPSA) is 141 Å². The van der Waals surface area contributed by atoms with Gasteiger partial charge in [-0.1, -0.05) is 54.9 Å². The van der Waals surface area contributed by atoms with E-state index in [-0.39, 0.29) is 88.9 Å². The molecule has 0 spiro atoms. The van der Waals surface area contributed by atoms with Gasteiger partial charge in [0.2, 0.25) is 5.78 Å². The van der Waals surface area contributed by atoms with Crippen LogP contribution in [0.4, 0.5) is 4.39 Å². The Bertz CT molecular complexity index is 2030. The molecular formula is C35H40FKN6O5. The van der Waals surface area contributed by atoms with Gasteiger partial charge >= 0.3 is 57.1 Å². The summed E-state index contributed by atoms with van der Waals surface area (Å²) in [6.07, 6.45) is 8.32. The summed E-state index contributed by atoms with van der Waals surface area (Å²) >= 11 is 0. The third-order valence-electron chi connectivity index (χ3n) is 10.0. The summed E-state index contributed by atoms with van der Waals surface area (Å²) in [7, 11) is 0. The summed E-state index contributed by atoms with van der Waals surface area (Å²) in [6.45, 7) is 3.99. The number of hydrogen-bond acceptors (Lipinski definition) is 8. The molecular weight excluding hydrogens is 643 g/mol. The molecule has 2 aliphatic rings. The van der Waals surface area contributed by atoms with Crippen molar-refractivity contribution in [2.24, 2.45) is 0 Å². The zero-order chi connectivity index (χ0) is 32.7. The monoisotopic (exact) mass is 682 g/mol. The second-order valence-corrected chi connectivity index (χ2v) is 13.0. The maximum Gasteiger partial charge on any atom is 1.00 e. The van der Waals surface area contributed by atoms with Crippen LogP contribution in [0.3, 0.4) is 0 Å². The summed E-state index contributed by atoms with van der Waals surface area (Å²) < 4.78 is 30.4. The predicted molar refractivity (Wildman–Crippen MR) is 174 cm³/mol. The smallest absolute Gasteiger partial charge is 1.00 e. The first-order valence-corrected chi connectivity index (χ1v) is 16.5. The standard InChI is InChI=1S/C35H39FN6O5.K.H/c1-3-7-30-28(18-23-11-10-22(19-29(23)36)26-8-4-5-9-27(26)31-39-34(44)47-40-31)32(43)41(33-37-20-38-42(30)33)24-12-14-25(15-13-24)46-21(2)35(45)16-6-17-35;;/h4-5,8-11,19-21,24-25,45H,3,6-7,12-18H2,1-2H3,(H,39,40,44);;/q;+1;-1. The van der Waals surface area contributed by atoms with Gasteiger partial charge in [0.15, 0.2) is 5.82 Å². The van der Waals surface area contributed by atoms with Crippen LogP contribution in [0.2, 0.25) is 0 Å². The first kappa shape index (κ1) is 35.1. The van der Waals surface area contributed by atoms with Gasteiger partial charge in [0.1, 0.15) is 12.1 Å². The fraction of sp³-hybridized carbons (Fsp3) is 0.457. The van der Waals surface area contributed by atoms with E-state index in [0.29, 0.717) is 40.0 Å². The van der Waals surface area contributed by atoms with Gasteiger partial charge in [-0.3, -0.25) is 18.9 Å². The van der Waals surface area contributed by atoms with E-state index >= 15 is 4.39 Å². The Labute approximate surface area is 320 Å². The minimum Gasteiger partial charge on any atom is -1.00 e. The summed E-state index contributed by atoms with van der Waals surface area (Å²) in [5, 5.41) is 19.0. The van der Waals surface area contributed by atoms with Crippen LogP contribution in [0.5, 0.6) is 0 Å². The number of rotatable bonds is 10. The molecule has 0 amide bonds. The SMILES string of the molecule is CCCc1c(Cc2ccc(-c3ccccc3-c3noc(=O)[nH]3)cc2F)c(=O)n(C2CCC(OC(C)C3(O)CCC3)CC2)c2ncnn12.[H-].[K+]. The number of H-pyrrole nitrogens is 1. The van der Waals surface area contributed by atoms with Crippen LogP contribution in [0.15, 0.2) is 62.9 Å². The van der Waals surface area contributed by atoms with Gasteiger partial charge in [-0.2, -0.15) is 10.1 Å². The summed E-state index contributed by atoms with van der Waals surface area (Å²) in [5.41, 5.74) is 2.63. The van der Waals surface area contributed by atoms with Crippen LogP contribution in [0.25, 0.3) is 28.3 Å². The van der Waals surface area contributed by atoms with Crippen molar-refractivity contribution in [3.63, 3.8) is 0 Å². The zero-order valence-corrected chi connectivity index (χ0v) is 30.7. The van der Waals surface area contributed by atoms with Gasteiger partial charge in [0.25, 0.3) is 5.56 Å². The van der Waals surface area contributed by atoms with Crippen LogP contribution in [0, 0.1) is 5.82 Å². The molecule has 7 rings (SSSR count). The van der Waals surface area contributed by atoms with E-state index in [1.54, 1.807) is 27.3 Å². The average molecular weight is 683 g/mol. The van der Waals surface area contributed by atoms with E-state index in [1.807, 2.05) is 32.0 Å². The molecule has 0 aliphatic heterocycles. The first-order valence-electron chi connectivity index (χ1n) is 16.5. The number of benzene rings is 2. The fourth-order valence-corrected chi connectivity index (χ4v) is 7.21. The molecule has 2 fully saturated rings. The average Bonchev–Trinajstić information content (AvgIpc) is 3.72. The Balaban J connectivity index is 0.00000234. The van der Waals surface area contributed by atoms with Crippen LogP contribution in [0.1, 0.15) is 89.5 Å². The molecule has 48 heavy (non-hydrogen) atoms. The Morgan fingerprint density at radius 3 is 2.54 bits per heavy atom. The third-order valence-corrected chi connectivity index (χ3v) is 10.0. The second-order valence-electron chi connectivity index (χ2n) is 13.0. The van der Waals surface area contributed by atoms with E-state index in [1.165, 1.54) is 12.4 Å². The minimum atomic E-state index is -0.723. The molecule has 1 atom stereocenters. The number of nitrogens with zero attached hydrogens (tertiary/aromatic N) is 5. The molecule has 2 N–H and O–H groups in total. The fourth-order valence-electron chi connectivity index (χ4n) is 7.21. The zero-order valence-electron chi connectivity index (χ0n) is 28.6. The summed E-state index contributed by atoms with van der Waals surface area (Å²) in [6, 6.07) is 12.1. The van der Waals surface area contributed by atoms with Crippen molar-refractivity contribution in [2.75, 3.05) is 0 Å². The molecule has 2 saturated carbocycles. The molecule has 248 valence electrons. The van der Waals surface area contributed by atoms with Crippen molar-refractivity contribution in [1.82, 2.24) is 29.3 Å². The Morgan fingerprint density at radius 1 is 1.15 bits per heavy atom. The maximum absolute atomic E-state index is 15.9. The van der Waals surface area contributed by atoms with Crippen molar-refractivity contribution < 1.29 is 71.6 Å². The molecule has 3 heterocycles. The van der Waals surface area contributed by atoms with Crippen molar-refractivity contribution in [3.05, 3.63) is 92.3 Å². The van der Waals surface area contributed by atoms with Gasteiger partial charge in [0, 0.05) is 23.6 Å². The number of aromatic nitrogens is 6. The van der Waals surface area contributed by atoms with Crippen LogP contribution in [-0.4, -0.2) is 52.2 Å². The minimum absolute atomic E-state index is 0. The number of halogens is 1. The Hall–Kier alpha value is -2.78. The molecule has 13 heteroatoms. The van der Waals surface area contributed by atoms with Gasteiger partial charge in [-0.25, -0.2) is 13.7 Å². The summed E-state index contributed by atoms with van der Waals surface area (Å²) in [4.78, 5) is 33.0. The number of aromatic amines is 1. The molecule has 2 aromatic carbocycles. The maximum atomic E-state index is 15.9. The quantitative estimate of drug-likeness (QED) is 0.214. The molecule has 0 saturated heterocycles. The largest absolute Gasteiger partial charge is 1.00 e. The van der Waals surface area contributed by atoms with E-state index in [9.17, 15) is 14.7 Å².